The summed E-state index contributed by atoms with van der Waals surface area (Å²) in [4.78, 5) is 20.5. The highest BCUT2D eigenvalue weighted by Gasteiger charge is 2.10. The van der Waals surface area contributed by atoms with Crippen LogP contribution in [0.25, 0.3) is 11.0 Å². The van der Waals surface area contributed by atoms with E-state index in [1.54, 1.807) is 18.2 Å². The molecule has 0 aliphatic heterocycles. The molecule has 0 saturated carbocycles. The van der Waals surface area contributed by atoms with E-state index in [0.717, 1.165) is 0 Å². The third-order valence-corrected chi connectivity index (χ3v) is 3.02. The van der Waals surface area contributed by atoms with Crippen LogP contribution in [0.1, 0.15) is 10.5 Å². The molecule has 7 heteroatoms. The number of anilines is 1. The molecule has 3 aromatic rings. The van der Waals surface area contributed by atoms with Crippen molar-refractivity contribution in [3.63, 3.8) is 0 Å². The van der Waals surface area contributed by atoms with Gasteiger partial charge in [-0.05, 0) is 36.4 Å². The Balaban J connectivity index is 1.74. The van der Waals surface area contributed by atoms with Gasteiger partial charge >= 0.3 is 6.61 Å². The molecular weight excluding hydrogens is 304 g/mol. The molecule has 0 radical (unpaired) electrons. The lowest BCUT2D eigenvalue weighted by molar-refractivity contribution is -0.0498. The van der Waals surface area contributed by atoms with E-state index in [9.17, 15) is 13.6 Å². The smallest absolute Gasteiger partial charge is 0.387 e. The first kappa shape index (κ1) is 14.8. The largest absolute Gasteiger partial charge is 0.435 e. The van der Waals surface area contributed by atoms with Gasteiger partial charge in [0.05, 0.1) is 17.2 Å². The van der Waals surface area contributed by atoms with Crippen molar-refractivity contribution in [1.82, 2.24) is 9.97 Å². The van der Waals surface area contributed by atoms with E-state index in [2.05, 4.69) is 20.0 Å². The van der Waals surface area contributed by atoms with Crippen LogP contribution in [0.2, 0.25) is 0 Å². The predicted molar refractivity (Wildman–Crippen MR) is 80.6 cm³/mol. The normalized spacial score (nSPS) is 10.7. The average Bonchev–Trinajstić information content (AvgIpc) is 2.55. The second-order valence-corrected chi connectivity index (χ2v) is 4.60. The van der Waals surface area contributed by atoms with Crippen LogP contribution in [0.5, 0.6) is 5.75 Å². The molecule has 0 aliphatic carbocycles. The van der Waals surface area contributed by atoms with Crippen molar-refractivity contribution in [2.24, 2.45) is 0 Å². The maximum Gasteiger partial charge on any atom is 0.387 e. The maximum absolute atomic E-state index is 12.2. The quantitative estimate of drug-likeness (QED) is 0.800. The van der Waals surface area contributed by atoms with Crippen molar-refractivity contribution >= 4 is 22.6 Å². The van der Waals surface area contributed by atoms with E-state index in [0.29, 0.717) is 16.7 Å². The summed E-state index contributed by atoms with van der Waals surface area (Å²) < 4.78 is 28.4. The first-order valence-electron chi connectivity index (χ1n) is 6.70. The Morgan fingerprint density at radius 1 is 1.04 bits per heavy atom. The van der Waals surface area contributed by atoms with Gasteiger partial charge in [-0.25, -0.2) is 4.98 Å². The van der Waals surface area contributed by atoms with Gasteiger partial charge in [0, 0.05) is 5.69 Å². The fourth-order valence-electron chi connectivity index (χ4n) is 1.98. The van der Waals surface area contributed by atoms with Crippen LogP contribution >= 0.6 is 0 Å². The number of nitrogens with one attached hydrogen (secondary N) is 1. The molecule has 2 aromatic carbocycles. The molecule has 0 aliphatic rings. The second-order valence-electron chi connectivity index (χ2n) is 4.60. The van der Waals surface area contributed by atoms with Gasteiger partial charge in [0.15, 0.2) is 0 Å². The number of benzene rings is 2. The minimum absolute atomic E-state index is 0.0171. The van der Waals surface area contributed by atoms with Crippen LogP contribution in [-0.4, -0.2) is 22.5 Å². The molecular formula is C16H11F2N3O2. The fourth-order valence-corrected chi connectivity index (χ4v) is 1.98. The lowest BCUT2D eigenvalue weighted by Gasteiger charge is -2.07. The molecule has 3 rings (SSSR count). The number of nitrogens with zero attached hydrogens (tertiary/aromatic N) is 2. The molecule has 0 fully saturated rings. The highest BCUT2D eigenvalue weighted by atomic mass is 19.3. The number of ether oxygens (including phenoxy) is 1. The second kappa shape index (κ2) is 6.35. The zero-order chi connectivity index (χ0) is 16.2. The topological polar surface area (TPSA) is 64.1 Å². The van der Waals surface area contributed by atoms with E-state index < -0.39 is 12.5 Å². The van der Waals surface area contributed by atoms with Gasteiger partial charge in [0.1, 0.15) is 11.4 Å². The first-order chi connectivity index (χ1) is 11.1. The summed E-state index contributed by atoms with van der Waals surface area (Å²) in [6.45, 7) is -2.89. The van der Waals surface area contributed by atoms with Gasteiger partial charge in [-0.3, -0.25) is 9.78 Å². The Hall–Kier alpha value is -3.09. The molecule has 5 nitrogen and oxygen atoms in total. The molecule has 0 spiro atoms. The van der Waals surface area contributed by atoms with Crippen LogP contribution in [0.4, 0.5) is 14.5 Å². The minimum Gasteiger partial charge on any atom is -0.435 e. The summed E-state index contributed by atoms with van der Waals surface area (Å²) in [5.41, 5.74) is 1.90. The molecule has 1 aromatic heterocycles. The molecule has 0 saturated heterocycles. The van der Waals surface area contributed by atoms with Crippen LogP contribution in [0, 0.1) is 0 Å². The van der Waals surface area contributed by atoms with Crippen LogP contribution in [0.15, 0.2) is 54.7 Å². The molecule has 1 heterocycles. The third kappa shape index (κ3) is 3.57. The SMILES string of the molecule is O=C(Nc1ccc(OC(F)F)cc1)c1cnc2ccccc2n1. The summed E-state index contributed by atoms with van der Waals surface area (Å²) in [6, 6.07) is 12.8. The number of alkyl halides is 2. The van der Waals surface area contributed by atoms with Gasteiger partial charge < -0.3 is 10.1 Å². The van der Waals surface area contributed by atoms with Crippen molar-refractivity contribution in [3.8, 4) is 5.75 Å². The van der Waals surface area contributed by atoms with Gasteiger partial charge in [-0.15, -0.1) is 0 Å². The van der Waals surface area contributed by atoms with Gasteiger partial charge in [-0.1, -0.05) is 12.1 Å². The summed E-state index contributed by atoms with van der Waals surface area (Å²) in [6.07, 6.45) is 1.38. The van der Waals surface area contributed by atoms with Crippen LogP contribution in [0.3, 0.4) is 0 Å². The van der Waals surface area contributed by atoms with E-state index in [1.807, 2.05) is 6.07 Å². The van der Waals surface area contributed by atoms with Gasteiger partial charge in [0.2, 0.25) is 0 Å². The van der Waals surface area contributed by atoms with Crippen molar-refractivity contribution in [2.45, 2.75) is 6.61 Å². The first-order valence-corrected chi connectivity index (χ1v) is 6.70. The number of aromatic nitrogens is 2. The average molecular weight is 315 g/mol. The summed E-state index contributed by atoms with van der Waals surface area (Å²) in [7, 11) is 0. The Morgan fingerprint density at radius 3 is 2.43 bits per heavy atom. The van der Waals surface area contributed by atoms with E-state index in [-0.39, 0.29) is 11.4 Å². The maximum atomic E-state index is 12.2. The fraction of sp³-hybridized carbons (Fsp3) is 0.0625. The Bertz CT molecular complexity index is 838. The summed E-state index contributed by atoms with van der Waals surface area (Å²) >= 11 is 0. The van der Waals surface area contributed by atoms with Gasteiger partial charge in [-0.2, -0.15) is 8.78 Å². The van der Waals surface area contributed by atoms with E-state index >= 15 is 0 Å². The number of hydrogen-bond acceptors (Lipinski definition) is 4. The zero-order valence-corrected chi connectivity index (χ0v) is 11.7. The van der Waals surface area contributed by atoms with E-state index in [4.69, 9.17) is 0 Å². The predicted octanol–water partition coefficient (Wildman–Crippen LogP) is 3.48. The van der Waals surface area contributed by atoms with Gasteiger partial charge in [0.25, 0.3) is 5.91 Å². The Morgan fingerprint density at radius 2 is 1.74 bits per heavy atom. The number of amides is 1. The molecule has 0 bridgehead atoms. The number of fused-ring (bicyclic) bond motifs is 1. The number of carbonyl (C=O) groups is 1. The highest BCUT2D eigenvalue weighted by Crippen LogP contribution is 2.18. The summed E-state index contributed by atoms with van der Waals surface area (Å²) in [5.74, 6) is -0.422. The number of para-hydroxylation sites is 2. The monoisotopic (exact) mass is 315 g/mol. The van der Waals surface area contributed by atoms with Crippen molar-refractivity contribution in [1.29, 1.82) is 0 Å². The number of hydrogen-bond donors (Lipinski definition) is 1. The zero-order valence-electron chi connectivity index (χ0n) is 11.7. The minimum atomic E-state index is -2.89. The molecule has 23 heavy (non-hydrogen) atoms. The molecule has 1 amide bonds. The molecule has 1 N–H and O–H groups in total. The lowest BCUT2D eigenvalue weighted by atomic mass is 10.2. The standard InChI is InChI=1S/C16H11F2N3O2/c17-16(18)23-11-7-5-10(6-8-11)20-15(22)14-9-19-12-3-1-2-4-13(12)21-14/h1-9,16H,(H,20,22). The highest BCUT2D eigenvalue weighted by molar-refractivity contribution is 6.03. The van der Waals surface area contributed by atoms with Crippen molar-refractivity contribution < 1.29 is 18.3 Å². The lowest BCUT2D eigenvalue weighted by Crippen LogP contribution is -2.14. The van der Waals surface area contributed by atoms with E-state index in [1.165, 1.54) is 30.5 Å². The Kier molecular flexibility index (Phi) is 4.09. The number of carbonyl (C=O) groups excluding carboxylic acids is 1. The number of rotatable bonds is 4. The van der Waals surface area contributed by atoms with Crippen molar-refractivity contribution in [2.75, 3.05) is 5.32 Å². The molecule has 116 valence electrons. The third-order valence-electron chi connectivity index (χ3n) is 3.02. The Labute approximate surface area is 129 Å². The molecule has 0 unspecified atom stereocenters. The van der Waals surface area contributed by atoms with Crippen molar-refractivity contribution in [3.05, 3.63) is 60.4 Å². The van der Waals surface area contributed by atoms with Crippen LogP contribution in [-0.2, 0) is 0 Å². The van der Waals surface area contributed by atoms with Crippen LogP contribution < -0.4 is 10.1 Å². The summed E-state index contributed by atoms with van der Waals surface area (Å²) in [5, 5.41) is 2.62. The number of halogens is 2. The molecule has 0 atom stereocenters.